The quantitative estimate of drug-likeness (QED) is 0.702. The number of halogens is 1. The van der Waals surface area contributed by atoms with Gasteiger partial charge in [0.2, 0.25) is 0 Å². The Labute approximate surface area is 78.1 Å². The number of aromatic nitrogens is 1. The zero-order valence-corrected chi connectivity index (χ0v) is 8.07. The second-order valence-corrected chi connectivity index (χ2v) is 3.79. The molecule has 0 radical (unpaired) electrons. The van der Waals surface area contributed by atoms with E-state index < -0.39 is 0 Å². The molecular weight excluding hydrogens is 220 g/mol. The van der Waals surface area contributed by atoms with Crippen molar-refractivity contribution in [2.75, 3.05) is 5.73 Å². The van der Waals surface area contributed by atoms with Gasteiger partial charge >= 0.3 is 0 Å². The lowest BCUT2D eigenvalue weighted by Gasteiger charge is -2.04. The molecule has 1 heterocycles. The lowest BCUT2D eigenvalue weighted by Crippen LogP contribution is -2.13. The summed E-state index contributed by atoms with van der Waals surface area (Å²) in [5, 5.41) is 0. The molecule has 0 aliphatic heterocycles. The second kappa shape index (κ2) is 2.62. The molecule has 0 spiro atoms. The molecule has 1 aromatic rings. The zero-order chi connectivity index (χ0) is 8.72. The van der Waals surface area contributed by atoms with Crippen molar-refractivity contribution in [1.82, 2.24) is 4.98 Å². The predicted octanol–water partition coefficient (Wildman–Crippen LogP) is 1.21. The summed E-state index contributed by atoms with van der Waals surface area (Å²) in [6.45, 7) is 0. The van der Waals surface area contributed by atoms with Gasteiger partial charge in [0.05, 0.1) is 5.69 Å². The van der Waals surface area contributed by atoms with Crippen molar-refractivity contribution in [3.8, 4) is 0 Å². The van der Waals surface area contributed by atoms with E-state index in [9.17, 15) is 4.79 Å². The molecule has 0 amide bonds. The maximum absolute atomic E-state index is 11.2. The van der Waals surface area contributed by atoms with E-state index in [-0.39, 0.29) is 5.56 Å². The molecule has 1 aromatic heterocycles. The Bertz CT molecular complexity index is 383. The molecule has 2 rings (SSSR count). The average Bonchev–Trinajstić information content (AvgIpc) is 2.48. The summed E-state index contributed by atoms with van der Waals surface area (Å²) >= 11 is 3.16. The van der Waals surface area contributed by atoms with Gasteiger partial charge in [0, 0.05) is 5.69 Å². The summed E-state index contributed by atoms with van der Waals surface area (Å²) in [5.41, 5.74) is 8.39. The van der Waals surface area contributed by atoms with Crippen LogP contribution in [0.1, 0.15) is 17.7 Å². The maximum atomic E-state index is 11.2. The summed E-state index contributed by atoms with van der Waals surface area (Å²) in [7, 11) is 0. The molecule has 0 saturated carbocycles. The number of nitrogens with two attached hydrogens (primary N) is 1. The van der Waals surface area contributed by atoms with E-state index in [0.29, 0.717) is 10.2 Å². The van der Waals surface area contributed by atoms with Gasteiger partial charge in [-0.05, 0) is 40.8 Å². The molecule has 0 atom stereocenters. The number of hydrogen-bond donors (Lipinski definition) is 2. The van der Waals surface area contributed by atoms with Crippen molar-refractivity contribution in [1.29, 1.82) is 0 Å². The van der Waals surface area contributed by atoms with E-state index in [1.54, 1.807) is 0 Å². The Morgan fingerprint density at radius 1 is 1.42 bits per heavy atom. The van der Waals surface area contributed by atoms with Gasteiger partial charge in [0.25, 0.3) is 5.56 Å². The maximum Gasteiger partial charge on any atom is 0.264 e. The molecule has 0 fully saturated rings. The van der Waals surface area contributed by atoms with Gasteiger partial charge in [0.1, 0.15) is 4.47 Å². The van der Waals surface area contributed by atoms with Crippen LogP contribution < -0.4 is 11.3 Å². The lowest BCUT2D eigenvalue weighted by atomic mass is 10.2. The van der Waals surface area contributed by atoms with Crippen molar-refractivity contribution in [3.63, 3.8) is 0 Å². The van der Waals surface area contributed by atoms with Crippen LogP contribution in [0.15, 0.2) is 9.27 Å². The normalized spacial score (nSPS) is 14.8. The van der Waals surface area contributed by atoms with E-state index in [4.69, 9.17) is 5.73 Å². The highest BCUT2D eigenvalue weighted by molar-refractivity contribution is 9.10. The number of anilines is 1. The van der Waals surface area contributed by atoms with E-state index in [1.165, 1.54) is 0 Å². The second-order valence-electron chi connectivity index (χ2n) is 2.99. The van der Waals surface area contributed by atoms with Gasteiger partial charge in [-0.25, -0.2) is 0 Å². The van der Waals surface area contributed by atoms with E-state index in [0.717, 1.165) is 30.5 Å². The van der Waals surface area contributed by atoms with Gasteiger partial charge in [-0.1, -0.05) is 0 Å². The summed E-state index contributed by atoms with van der Waals surface area (Å²) in [5.74, 6) is 0. The Morgan fingerprint density at radius 2 is 2.17 bits per heavy atom. The van der Waals surface area contributed by atoms with E-state index in [2.05, 4.69) is 20.9 Å². The molecule has 0 bridgehead atoms. The highest BCUT2D eigenvalue weighted by Crippen LogP contribution is 2.28. The smallest absolute Gasteiger partial charge is 0.264 e. The van der Waals surface area contributed by atoms with Crippen molar-refractivity contribution in [2.24, 2.45) is 0 Å². The Balaban J connectivity index is 2.76. The first-order valence-corrected chi connectivity index (χ1v) is 4.68. The zero-order valence-electron chi connectivity index (χ0n) is 6.48. The van der Waals surface area contributed by atoms with Crippen LogP contribution in [0.25, 0.3) is 0 Å². The summed E-state index contributed by atoms with van der Waals surface area (Å²) in [6, 6.07) is 0. The number of pyridine rings is 1. The number of nitrogens with one attached hydrogen (secondary N) is 1. The summed E-state index contributed by atoms with van der Waals surface area (Å²) in [6.07, 6.45) is 3.02. The molecule has 0 aromatic carbocycles. The van der Waals surface area contributed by atoms with Crippen molar-refractivity contribution in [3.05, 3.63) is 26.1 Å². The van der Waals surface area contributed by atoms with Crippen LogP contribution in [0.2, 0.25) is 0 Å². The predicted molar refractivity (Wildman–Crippen MR) is 51.2 cm³/mol. The number of fused-ring (bicyclic) bond motifs is 1. The SMILES string of the molecule is Nc1c2c([nH]c(=O)c1Br)CCC2. The molecule has 12 heavy (non-hydrogen) atoms. The third kappa shape index (κ3) is 0.982. The number of H-pyrrole nitrogens is 1. The molecule has 4 heteroatoms. The first-order chi connectivity index (χ1) is 5.70. The van der Waals surface area contributed by atoms with Crippen LogP contribution in [0.4, 0.5) is 5.69 Å². The highest BCUT2D eigenvalue weighted by atomic mass is 79.9. The molecule has 0 unspecified atom stereocenters. The van der Waals surface area contributed by atoms with Crippen LogP contribution in [0, 0.1) is 0 Å². The lowest BCUT2D eigenvalue weighted by molar-refractivity contribution is 0.897. The molecule has 1 aliphatic carbocycles. The Kier molecular flexibility index (Phi) is 1.72. The van der Waals surface area contributed by atoms with Gasteiger partial charge in [-0.15, -0.1) is 0 Å². The number of hydrogen-bond acceptors (Lipinski definition) is 2. The minimum absolute atomic E-state index is 0.117. The minimum atomic E-state index is -0.117. The van der Waals surface area contributed by atoms with Crippen molar-refractivity contribution in [2.45, 2.75) is 19.3 Å². The van der Waals surface area contributed by atoms with Crippen molar-refractivity contribution >= 4 is 21.6 Å². The first kappa shape index (κ1) is 7.86. The van der Waals surface area contributed by atoms with Gasteiger partial charge in [0.15, 0.2) is 0 Å². The van der Waals surface area contributed by atoms with E-state index >= 15 is 0 Å². The monoisotopic (exact) mass is 228 g/mol. The fraction of sp³-hybridized carbons (Fsp3) is 0.375. The molecule has 64 valence electrons. The van der Waals surface area contributed by atoms with Crippen LogP contribution in [-0.4, -0.2) is 4.98 Å². The van der Waals surface area contributed by atoms with Crippen LogP contribution in [-0.2, 0) is 12.8 Å². The number of nitrogen functional groups attached to an aromatic ring is 1. The molecule has 3 N–H and O–H groups in total. The largest absolute Gasteiger partial charge is 0.397 e. The fourth-order valence-electron chi connectivity index (χ4n) is 1.63. The number of aryl methyl sites for hydroxylation is 1. The minimum Gasteiger partial charge on any atom is -0.397 e. The van der Waals surface area contributed by atoms with E-state index in [1.807, 2.05) is 0 Å². The molecule has 0 saturated heterocycles. The molecule has 3 nitrogen and oxygen atoms in total. The van der Waals surface area contributed by atoms with Crippen molar-refractivity contribution < 1.29 is 0 Å². The van der Waals surface area contributed by atoms with Crippen LogP contribution in [0.3, 0.4) is 0 Å². The molecular formula is C8H9BrN2O. The Hall–Kier alpha value is -0.770. The number of aromatic amines is 1. The fourth-order valence-corrected chi connectivity index (χ4v) is 1.96. The molecule has 1 aliphatic rings. The third-order valence-electron chi connectivity index (χ3n) is 2.24. The summed E-state index contributed by atoms with van der Waals surface area (Å²) in [4.78, 5) is 14.0. The standard InChI is InChI=1S/C8H9BrN2O/c9-6-7(10)4-2-1-3-5(4)11-8(6)12/h1-3H2,(H3,10,11,12). The van der Waals surface area contributed by atoms with Gasteiger partial charge in [-0.3, -0.25) is 4.79 Å². The van der Waals surface area contributed by atoms with Gasteiger partial charge < -0.3 is 10.7 Å². The average molecular weight is 229 g/mol. The highest BCUT2D eigenvalue weighted by Gasteiger charge is 2.17. The third-order valence-corrected chi connectivity index (χ3v) is 3.03. The van der Waals surface area contributed by atoms with Gasteiger partial charge in [-0.2, -0.15) is 0 Å². The first-order valence-electron chi connectivity index (χ1n) is 3.89. The van der Waals surface area contributed by atoms with Crippen LogP contribution >= 0.6 is 15.9 Å². The van der Waals surface area contributed by atoms with Crippen LogP contribution in [0.5, 0.6) is 0 Å². The topological polar surface area (TPSA) is 58.9 Å². The number of rotatable bonds is 0. The Morgan fingerprint density at radius 3 is 2.92 bits per heavy atom. The summed E-state index contributed by atoms with van der Waals surface area (Å²) < 4.78 is 0.475.